The molecule has 158 valence electrons. The molecule has 1 amide bonds. The number of H-pyrrole nitrogens is 2. The lowest BCUT2D eigenvalue weighted by molar-refractivity contribution is -0.116. The van der Waals surface area contributed by atoms with Gasteiger partial charge in [-0.15, -0.1) is 0 Å². The number of amides is 1. The molecule has 8 nitrogen and oxygen atoms in total. The number of hydrogen-bond donors (Lipinski definition) is 3. The molecule has 2 aromatic carbocycles. The van der Waals surface area contributed by atoms with Crippen LogP contribution in [0.15, 0.2) is 53.6 Å². The number of anilines is 1. The molecule has 0 aliphatic carbocycles. The molecule has 2 heterocycles. The van der Waals surface area contributed by atoms with E-state index in [4.69, 9.17) is 4.74 Å². The molecule has 0 radical (unpaired) electrons. The van der Waals surface area contributed by atoms with Crippen LogP contribution in [0.1, 0.15) is 31.2 Å². The molecule has 4 aromatic rings. The second-order valence-corrected chi connectivity index (χ2v) is 7.25. The van der Waals surface area contributed by atoms with Crippen molar-refractivity contribution in [3.63, 3.8) is 0 Å². The number of nitrogens with one attached hydrogen (secondary N) is 3. The molecule has 3 N–H and O–H groups in total. The van der Waals surface area contributed by atoms with E-state index in [1.54, 1.807) is 25.6 Å². The minimum atomic E-state index is -0.240. The third-order valence-corrected chi connectivity index (χ3v) is 4.93. The summed E-state index contributed by atoms with van der Waals surface area (Å²) in [4.78, 5) is 32.2. The van der Waals surface area contributed by atoms with Crippen LogP contribution in [0.2, 0.25) is 0 Å². The molecule has 0 unspecified atom stereocenters. The third kappa shape index (κ3) is 4.48. The van der Waals surface area contributed by atoms with E-state index >= 15 is 0 Å². The zero-order chi connectivity index (χ0) is 21.8. The van der Waals surface area contributed by atoms with Crippen molar-refractivity contribution in [1.29, 1.82) is 0 Å². The second kappa shape index (κ2) is 8.83. The molecule has 0 saturated heterocycles. The van der Waals surface area contributed by atoms with E-state index in [0.717, 1.165) is 28.8 Å². The van der Waals surface area contributed by atoms with Gasteiger partial charge in [0.05, 0.1) is 18.7 Å². The molecule has 0 atom stereocenters. The number of aromatic nitrogens is 4. The Morgan fingerprint density at radius 2 is 2.06 bits per heavy atom. The molecule has 2 aromatic heterocycles. The van der Waals surface area contributed by atoms with E-state index in [0.29, 0.717) is 35.3 Å². The van der Waals surface area contributed by atoms with Gasteiger partial charge in [-0.3, -0.25) is 14.7 Å². The minimum absolute atomic E-state index is 0.0185. The first-order valence-corrected chi connectivity index (χ1v) is 10.1. The predicted molar refractivity (Wildman–Crippen MR) is 119 cm³/mol. The van der Waals surface area contributed by atoms with Gasteiger partial charge in [-0.2, -0.15) is 5.10 Å². The number of carbonyl (C=O) groups is 1. The highest BCUT2D eigenvalue weighted by Crippen LogP contribution is 2.29. The summed E-state index contributed by atoms with van der Waals surface area (Å²) in [6.45, 7) is 1.96. The maximum atomic E-state index is 12.8. The normalized spacial score (nSPS) is 10.9. The molecule has 0 bridgehead atoms. The van der Waals surface area contributed by atoms with Crippen LogP contribution < -0.4 is 15.6 Å². The number of ether oxygens (including phenoxy) is 1. The monoisotopic (exact) mass is 417 g/mol. The summed E-state index contributed by atoms with van der Waals surface area (Å²) in [7, 11) is 1.55. The van der Waals surface area contributed by atoms with E-state index in [1.807, 2.05) is 37.3 Å². The Morgan fingerprint density at radius 3 is 2.81 bits per heavy atom. The Hall–Kier alpha value is -3.94. The summed E-state index contributed by atoms with van der Waals surface area (Å²) in [5.74, 6) is 1.01. The Kier molecular flexibility index (Phi) is 5.79. The summed E-state index contributed by atoms with van der Waals surface area (Å²) < 4.78 is 5.52. The van der Waals surface area contributed by atoms with E-state index in [-0.39, 0.29) is 11.5 Å². The summed E-state index contributed by atoms with van der Waals surface area (Å²) in [5, 5.41) is 10.1. The van der Waals surface area contributed by atoms with Crippen LogP contribution >= 0.6 is 0 Å². The number of methoxy groups -OCH3 is 1. The Morgan fingerprint density at radius 1 is 1.19 bits per heavy atom. The number of fused-ring (bicyclic) bond motifs is 1. The van der Waals surface area contributed by atoms with Crippen molar-refractivity contribution >= 4 is 22.5 Å². The van der Waals surface area contributed by atoms with Crippen molar-refractivity contribution in [3.8, 4) is 16.9 Å². The fraction of sp³-hybridized carbons (Fsp3) is 0.217. The van der Waals surface area contributed by atoms with Crippen LogP contribution in [0.5, 0.6) is 5.75 Å². The van der Waals surface area contributed by atoms with E-state index in [9.17, 15) is 9.59 Å². The average Bonchev–Trinajstić information content (AvgIpc) is 3.28. The second-order valence-electron chi connectivity index (χ2n) is 7.25. The Labute approximate surface area is 178 Å². The van der Waals surface area contributed by atoms with Gasteiger partial charge in [0.15, 0.2) is 0 Å². The zero-order valence-electron chi connectivity index (χ0n) is 17.4. The van der Waals surface area contributed by atoms with Crippen molar-refractivity contribution in [3.05, 3.63) is 70.5 Å². The van der Waals surface area contributed by atoms with Gasteiger partial charge in [-0.05, 0) is 41.8 Å². The smallest absolute Gasteiger partial charge is 0.258 e. The van der Waals surface area contributed by atoms with Gasteiger partial charge in [-0.25, -0.2) is 4.98 Å². The number of nitrogens with zero attached hydrogens (tertiary/aromatic N) is 2. The highest BCUT2D eigenvalue weighted by molar-refractivity contribution is 5.91. The largest absolute Gasteiger partial charge is 0.494 e. The fourth-order valence-corrected chi connectivity index (χ4v) is 3.48. The Bertz CT molecular complexity index is 1280. The molecule has 0 spiro atoms. The first kappa shape index (κ1) is 20.3. The van der Waals surface area contributed by atoms with Gasteiger partial charge in [0.2, 0.25) is 5.91 Å². The number of carbonyl (C=O) groups excluding carboxylic acids is 1. The fourth-order valence-electron chi connectivity index (χ4n) is 3.48. The van der Waals surface area contributed by atoms with Gasteiger partial charge in [0, 0.05) is 30.3 Å². The van der Waals surface area contributed by atoms with Gasteiger partial charge in [-0.1, -0.05) is 19.1 Å². The van der Waals surface area contributed by atoms with Gasteiger partial charge < -0.3 is 15.0 Å². The zero-order valence-corrected chi connectivity index (χ0v) is 17.4. The minimum Gasteiger partial charge on any atom is -0.494 e. The standard InChI is InChI=1S/C23H23N5O3/c1-3-5-21(29)26-17-7-4-6-14(8-17)9-20-27-22-18(23(30)28-20)10-15(11-19(22)31-2)16-12-24-25-13-16/h4,6-8,10-13H,3,5,9H2,1-2H3,(H,24,25)(H,26,29)(H,27,28,30). The maximum absolute atomic E-state index is 12.8. The highest BCUT2D eigenvalue weighted by atomic mass is 16.5. The lowest BCUT2D eigenvalue weighted by atomic mass is 10.1. The van der Waals surface area contributed by atoms with Crippen molar-refractivity contribution in [2.24, 2.45) is 0 Å². The van der Waals surface area contributed by atoms with Gasteiger partial charge in [0.25, 0.3) is 5.56 Å². The van der Waals surface area contributed by atoms with Crippen molar-refractivity contribution in [2.45, 2.75) is 26.2 Å². The van der Waals surface area contributed by atoms with E-state index < -0.39 is 0 Å². The SMILES string of the molecule is CCCC(=O)Nc1cccc(Cc2nc3c(OC)cc(-c4cn[nH]c4)cc3c(=O)[nH]2)c1. The van der Waals surface area contributed by atoms with Crippen LogP contribution in [0.25, 0.3) is 22.0 Å². The predicted octanol–water partition coefficient (Wildman–Crippen LogP) is 3.65. The average molecular weight is 417 g/mol. The molecule has 0 fully saturated rings. The topological polar surface area (TPSA) is 113 Å². The van der Waals surface area contributed by atoms with Crippen LogP contribution in [0, 0.1) is 0 Å². The molecule has 31 heavy (non-hydrogen) atoms. The molecule has 8 heteroatoms. The molecule has 0 saturated carbocycles. The first-order chi connectivity index (χ1) is 15.1. The van der Waals surface area contributed by atoms with Crippen LogP contribution in [-0.2, 0) is 11.2 Å². The van der Waals surface area contributed by atoms with Crippen LogP contribution in [-0.4, -0.2) is 33.2 Å². The number of rotatable bonds is 7. The van der Waals surface area contributed by atoms with E-state index in [1.165, 1.54) is 0 Å². The van der Waals surface area contributed by atoms with Gasteiger partial charge in [0.1, 0.15) is 17.1 Å². The lowest BCUT2D eigenvalue weighted by Gasteiger charge is -2.10. The molecule has 0 aliphatic heterocycles. The Balaban J connectivity index is 1.67. The highest BCUT2D eigenvalue weighted by Gasteiger charge is 2.13. The molecular formula is C23H23N5O3. The summed E-state index contributed by atoms with van der Waals surface area (Å²) in [6, 6.07) is 11.1. The van der Waals surface area contributed by atoms with Crippen molar-refractivity contribution < 1.29 is 9.53 Å². The number of aromatic amines is 2. The van der Waals surface area contributed by atoms with Crippen molar-refractivity contribution in [2.75, 3.05) is 12.4 Å². The van der Waals surface area contributed by atoms with Crippen LogP contribution in [0.3, 0.4) is 0 Å². The molecule has 0 aliphatic rings. The number of benzene rings is 2. The molecular weight excluding hydrogens is 394 g/mol. The van der Waals surface area contributed by atoms with Crippen molar-refractivity contribution in [1.82, 2.24) is 20.2 Å². The summed E-state index contributed by atoms with van der Waals surface area (Å²) >= 11 is 0. The van der Waals surface area contributed by atoms with E-state index in [2.05, 4.69) is 25.5 Å². The lowest BCUT2D eigenvalue weighted by Crippen LogP contribution is -2.13. The van der Waals surface area contributed by atoms with Crippen LogP contribution in [0.4, 0.5) is 5.69 Å². The molecule has 4 rings (SSSR count). The number of hydrogen-bond acceptors (Lipinski definition) is 5. The first-order valence-electron chi connectivity index (χ1n) is 10.1. The summed E-state index contributed by atoms with van der Waals surface area (Å²) in [6.07, 6.45) is 5.11. The maximum Gasteiger partial charge on any atom is 0.258 e. The quantitative estimate of drug-likeness (QED) is 0.425. The van der Waals surface area contributed by atoms with Gasteiger partial charge >= 0.3 is 0 Å². The third-order valence-electron chi connectivity index (χ3n) is 4.93. The summed E-state index contributed by atoms with van der Waals surface area (Å²) in [5.41, 5.74) is 3.57.